The van der Waals surface area contributed by atoms with Crippen LogP contribution < -0.4 is 5.32 Å². The van der Waals surface area contributed by atoms with E-state index >= 15 is 0 Å². The summed E-state index contributed by atoms with van der Waals surface area (Å²) < 4.78 is 10.9. The lowest BCUT2D eigenvalue weighted by Gasteiger charge is -2.66. The van der Waals surface area contributed by atoms with Crippen molar-refractivity contribution in [2.45, 2.75) is 136 Å². The Morgan fingerprint density at radius 3 is 2.67 bits per heavy atom. The minimum absolute atomic E-state index is 0.0369. The van der Waals surface area contributed by atoms with Crippen molar-refractivity contribution in [3.8, 4) is 0 Å². The van der Waals surface area contributed by atoms with Gasteiger partial charge in [0.1, 0.15) is 6.10 Å². The maximum atomic E-state index is 12.8. The predicted octanol–water partition coefficient (Wildman–Crippen LogP) is 7.30. The van der Waals surface area contributed by atoms with E-state index in [-0.39, 0.29) is 17.6 Å². The van der Waals surface area contributed by atoms with Gasteiger partial charge in [-0.25, -0.2) is 9.78 Å². The molecule has 10 atom stereocenters. The summed E-state index contributed by atoms with van der Waals surface area (Å²) in [6.45, 7) is 15.1. The molecule has 4 aliphatic rings. The fourth-order valence-electron chi connectivity index (χ4n) is 10.7. The summed E-state index contributed by atoms with van der Waals surface area (Å²) in [5.74, 6) is 4.23. The number of ether oxygens (including phenoxy) is 2. The lowest BCUT2D eigenvalue weighted by atomic mass is 9.42. The lowest BCUT2D eigenvalue weighted by molar-refractivity contribution is -0.235. The molecule has 1 aromatic heterocycles. The summed E-state index contributed by atoms with van der Waals surface area (Å²) in [5, 5.41) is 16.6. The number of nitrogens with zero attached hydrogens (tertiary/aromatic N) is 1. The Labute approximate surface area is 254 Å². The molecule has 0 aliphatic heterocycles. The third-order valence-electron chi connectivity index (χ3n) is 12.9. The van der Waals surface area contributed by atoms with Crippen molar-refractivity contribution in [1.82, 2.24) is 15.3 Å². The molecule has 1 aromatic rings. The molecule has 3 N–H and O–H groups in total. The largest absolute Gasteiger partial charge is 0.508 e. The minimum Gasteiger partial charge on any atom is -0.435 e. The van der Waals surface area contributed by atoms with E-state index in [4.69, 9.17) is 9.47 Å². The van der Waals surface area contributed by atoms with Gasteiger partial charge in [-0.05, 0) is 92.8 Å². The number of rotatable bonds is 11. The van der Waals surface area contributed by atoms with Crippen LogP contribution in [0, 0.1) is 46.3 Å². The van der Waals surface area contributed by atoms with Crippen LogP contribution in [-0.2, 0) is 15.9 Å². The zero-order valence-electron chi connectivity index (χ0n) is 27.3. The maximum absolute atomic E-state index is 12.8. The highest BCUT2D eigenvalue weighted by Gasteiger charge is 2.67. The molecule has 0 radical (unpaired) electrons. The van der Waals surface area contributed by atoms with Crippen LogP contribution >= 0.6 is 0 Å². The second-order valence-electron chi connectivity index (χ2n) is 15.5. The monoisotopic (exact) mass is 585 g/mol. The van der Waals surface area contributed by atoms with Crippen molar-refractivity contribution >= 4 is 6.16 Å². The number of hydrogen-bond donors (Lipinski definition) is 3. The molecule has 7 heteroatoms. The van der Waals surface area contributed by atoms with Crippen molar-refractivity contribution in [2.24, 2.45) is 46.3 Å². The number of hydrogen-bond acceptors (Lipinski definition) is 6. The van der Waals surface area contributed by atoms with Gasteiger partial charge in [0.05, 0.1) is 18.5 Å². The van der Waals surface area contributed by atoms with E-state index in [1.54, 1.807) is 13.3 Å². The molecule has 4 saturated carbocycles. The first-order valence-corrected chi connectivity index (χ1v) is 17.3. The van der Waals surface area contributed by atoms with Crippen LogP contribution in [0.5, 0.6) is 0 Å². The van der Waals surface area contributed by atoms with Gasteiger partial charge in [0.25, 0.3) is 0 Å². The summed E-state index contributed by atoms with van der Waals surface area (Å²) in [5.41, 5.74) is 0.356. The number of carbonyl (C=O) groups excluding carboxylic acids is 1. The Bertz CT molecular complexity index is 1030. The van der Waals surface area contributed by atoms with E-state index in [0.29, 0.717) is 30.3 Å². The molecule has 238 valence electrons. The van der Waals surface area contributed by atoms with Gasteiger partial charge in [-0.1, -0.05) is 53.9 Å². The van der Waals surface area contributed by atoms with Crippen LogP contribution in [0.15, 0.2) is 12.5 Å². The normalized spacial score (nSPS) is 40.2. The van der Waals surface area contributed by atoms with Crippen LogP contribution in [0.2, 0.25) is 0 Å². The predicted molar refractivity (Wildman–Crippen MR) is 166 cm³/mol. The van der Waals surface area contributed by atoms with Crippen LogP contribution in [0.3, 0.4) is 0 Å². The second-order valence-corrected chi connectivity index (χ2v) is 15.5. The van der Waals surface area contributed by atoms with E-state index in [0.717, 1.165) is 61.6 Å². The fraction of sp³-hybridized carbons (Fsp3) is 0.886. The number of carbonyl (C=O) groups is 1. The van der Waals surface area contributed by atoms with Crippen molar-refractivity contribution in [2.75, 3.05) is 13.2 Å². The highest BCUT2D eigenvalue weighted by Crippen LogP contribution is 2.69. The quantitative estimate of drug-likeness (QED) is 0.236. The summed E-state index contributed by atoms with van der Waals surface area (Å²) in [4.78, 5) is 19.7. The smallest absolute Gasteiger partial charge is 0.435 e. The van der Waals surface area contributed by atoms with E-state index in [1.807, 2.05) is 6.20 Å². The molecule has 4 aliphatic carbocycles. The zero-order chi connectivity index (χ0) is 30.1. The Hall–Kier alpha value is -1.60. The molecule has 5 rings (SSSR count). The molecule has 0 amide bonds. The van der Waals surface area contributed by atoms with Crippen molar-refractivity contribution < 1.29 is 19.4 Å². The average molecular weight is 586 g/mol. The maximum Gasteiger partial charge on any atom is 0.508 e. The molecule has 0 aromatic carbocycles. The number of fused-ring (bicyclic) bond motifs is 5. The third-order valence-corrected chi connectivity index (χ3v) is 12.9. The van der Waals surface area contributed by atoms with Crippen molar-refractivity contribution in [3.63, 3.8) is 0 Å². The third kappa shape index (κ3) is 5.90. The number of aliphatic hydroxyl groups is 1. The first-order chi connectivity index (χ1) is 20.0. The van der Waals surface area contributed by atoms with Gasteiger partial charge in [-0.3, -0.25) is 0 Å². The number of H-pyrrole nitrogens is 1. The number of nitrogens with one attached hydrogen (secondary N) is 2. The molecule has 7 nitrogen and oxygen atoms in total. The fourth-order valence-corrected chi connectivity index (χ4v) is 10.7. The van der Waals surface area contributed by atoms with Crippen LogP contribution in [0.4, 0.5) is 4.79 Å². The Balaban J connectivity index is 1.37. The number of aromatic nitrogens is 2. The van der Waals surface area contributed by atoms with Gasteiger partial charge in [0, 0.05) is 42.7 Å². The summed E-state index contributed by atoms with van der Waals surface area (Å²) in [6, 6.07) is -0.0369. The Kier molecular flexibility index (Phi) is 9.69. The molecule has 0 bridgehead atoms. The molecular formula is C35H59N3O4. The van der Waals surface area contributed by atoms with Crippen LogP contribution in [-0.4, -0.2) is 52.1 Å². The van der Waals surface area contributed by atoms with Crippen LogP contribution in [0.1, 0.15) is 118 Å². The van der Waals surface area contributed by atoms with E-state index < -0.39 is 11.8 Å². The topological polar surface area (TPSA) is 96.5 Å². The van der Waals surface area contributed by atoms with E-state index in [2.05, 4.69) is 49.9 Å². The van der Waals surface area contributed by atoms with Gasteiger partial charge >= 0.3 is 6.16 Å². The summed E-state index contributed by atoms with van der Waals surface area (Å²) in [7, 11) is 0. The summed E-state index contributed by atoms with van der Waals surface area (Å²) in [6.07, 6.45) is 15.9. The lowest BCUT2D eigenvalue weighted by Crippen LogP contribution is -2.71. The van der Waals surface area contributed by atoms with E-state index in [9.17, 15) is 9.90 Å². The Morgan fingerprint density at radius 2 is 1.95 bits per heavy atom. The zero-order valence-corrected chi connectivity index (χ0v) is 27.3. The highest BCUT2D eigenvalue weighted by molar-refractivity contribution is 5.60. The summed E-state index contributed by atoms with van der Waals surface area (Å²) >= 11 is 0. The first kappa shape index (κ1) is 31.8. The second kappa shape index (κ2) is 12.8. The van der Waals surface area contributed by atoms with Gasteiger partial charge in [-0.15, -0.1) is 0 Å². The highest BCUT2D eigenvalue weighted by atomic mass is 16.7. The van der Waals surface area contributed by atoms with Gasteiger partial charge < -0.3 is 24.9 Å². The molecular weight excluding hydrogens is 526 g/mol. The standard InChI is InChI=1S/C35H59N3O4/c1-7-41-32(39)42-26-13-17-34(6)30-14-16-33(5)28(24(4)10-8-9-23(2)3)11-12-29(33)27(30)19-31(35(34,40)20-26)37-18-15-25-21-36-22-38-25/h21-24,26-31,37,40H,7-20H2,1-6H3,(H,36,38)/t24-,26+,27+,28-,29+,30+,31-,33-,34-,35+/m1/s1. The molecule has 0 saturated heterocycles. The van der Waals surface area contributed by atoms with Crippen molar-refractivity contribution in [1.29, 1.82) is 0 Å². The van der Waals surface area contributed by atoms with Crippen molar-refractivity contribution in [3.05, 3.63) is 18.2 Å². The van der Waals surface area contributed by atoms with Gasteiger partial charge in [0.15, 0.2) is 0 Å². The van der Waals surface area contributed by atoms with Crippen LogP contribution in [0.25, 0.3) is 0 Å². The molecule has 4 fully saturated rings. The molecule has 0 unspecified atom stereocenters. The van der Waals surface area contributed by atoms with Gasteiger partial charge in [0.2, 0.25) is 0 Å². The molecule has 1 heterocycles. The number of aromatic amines is 1. The first-order valence-electron chi connectivity index (χ1n) is 17.3. The molecule has 0 spiro atoms. The molecule has 42 heavy (non-hydrogen) atoms. The van der Waals surface area contributed by atoms with Gasteiger partial charge in [-0.2, -0.15) is 0 Å². The average Bonchev–Trinajstić information content (AvgIpc) is 3.57. The number of imidazole rings is 1. The Morgan fingerprint density at radius 1 is 1.14 bits per heavy atom. The SMILES string of the molecule is CCOC(=O)O[C@H]1CC[C@]2(C)[C@H]3CC[C@]4(C)[C@@H]([C@H](C)CCCC(C)C)CC[C@H]4[C@@H]3C[C@@H](NCCc3cnc[nH]3)[C@@]2(O)C1. The van der Waals surface area contributed by atoms with E-state index in [1.165, 1.54) is 44.9 Å². The minimum atomic E-state index is -0.937.